The predicted molar refractivity (Wildman–Crippen MR) is 27.9 cm³/mol. The van der Waals surface area contributed by atoms with E-state index in [1.807, 2.05) is 0 Å². The van der Waals surface area contributed by atoms with Crippen molar-refractivity contribution in [3.63, 3.8) is 0 Å². The molecule has 1 N–H and O–H groups in total. The first-order valence-electron chi connectivity index (χ1n) is 2.45. The fourth-order valence-electron chi connectivity index (χ4n) is 0.447. The molecule has 8 heavy (non-hydrogen) atoms. The van der Waals surface area contributed by atoms with Crippen molar-refractivity contribution in [1.82, 2.24) is 20.6 Å². The standard InChI is InChI=1S/C4H7N4/c1-2-3-4-5-7-8-6-4/h1-3H2,(H,5,6,7,8). The Morgan fingerprint density at radius 1 is 1.62 bits per heavy atom. The van der Waals surface area contributed by atoms with Crippen LogP contribution in [-0.2, 0) is 6.42 Å². The molecule has 1 heterocycles. The molecule has 0 fully saturated rings. The minimum Gasteiger partial charge on any atom is -0.177 e. The average molecular weight is 111 g/mol. The Kier molecular flexibility index (Phi) is 1.56. The highest BCUT2D eigenvalue weighted by atomic mass is 15.5. The molecule has 0 bridgehead atoms. The third-order valence-electron chi connectivity index (χ3n) is 0.790. The number of hydrogen-bond donors (Lipinski definition) is 1. The molecule has 0 aromatic carbocycles. The fourth-order valence-corrected chi connectivity index (χ4v) is 0.447. The minimum absolute atomic E-state index is 0.736. The largest absolute Gasteiger partial charge is 0.177 e. The summed E-state index contributed by atoms with van der Waals surface area (Å²) in [6, 6.07) is 0. The normalized spacial score (nSPS) is 9.62. The van der Waals surface area contributed by atoms with E-state index in [9.17, 15) is 0 Å². The van der Waals surface area contributed by atoms with E-state index in [4.69, 9.17) is 0 Å². The summed E-state index contributed by atoms with van der Waals surface area (Å²) in [7, 11) is 0. The smallest absolute Gasteiger partial charge is 0.174 e. The van der Waals surface area contributed by atoms with Gasteiger partial charge in [0.1, 0.15) is 0 Å². The van der Waals surface area contributed by atoms with Gasteiger partial charge in [-0.3, -0.25) is 0 Å². The van der Waals surface area contributed by atoms with Crippen molar-refractivity contribution in [1.29, 1.82) is 0 Å². The van der Waals surface area contributed by atoms with Crippen LogP contribution >= 0.6 is 0 Å². The molecule has 0 atom stereocenters. The molecule has 1 aromatic rings. The van der Waals surface area contributed by atoms with Crippen molar-refractivity contribution in [3.8, 4) is 0 Å². The lowest BCUT2D eigenvalue weighted by atomic mass is 10.3. The van der Waals surface area contributed by atoms with E-state index in [0.29, 0.717) is 0 Å². The second-order valence-electron chi connectivity index (χ2n) is 1.43. The molecule has 0 amide bonds. The first-order valence-corrected chi connectivity index (χ1v) is 2.45. The summed E-state index contributed by atoms with van der Waals surface area (Å²) in [5, 5.41) is 13.2. The lowest BCUT2D eigenvalue weighted by Gasteiger charge is -1.80. The first-order chi connectivity index (χ1) is 3.93. The van der Waals surface area contributed by atoms with Crippen molar-refractivity contribution in [2.24, 2.45) is 0 Å². The Balaban J connectivity index is 2.50. The summed E-state index contributed by atoms with van der Waals surface area (Å²) in [6.45, 7) is 3.64. The van der Waals surface area contributed by atoms with Crippen LogP contribution in [0.15, 0.2) is 0 Å². The summed E-state index contributed by atoms with van der Waals surface area (Å²) in [4.78, 5) is 0. The molecule has 0 aliphatic heterocycles. The molecule has 4 nitrogen and oxygen atoms in total. The number of nitrogens with one attached hydrogen (secondary N) is 1. The maximum absolute atomic E-state index is 3.72. The second-order valence-corrected chi connectivity index (χ2v) is 1.43. The van der Waals surface area contributed by atoms with Crippen LogP contribution in [-0.4, -0.2) is 20.6 Å². The van der Waals surface area contributed by atoms with Crippen LogP contribution in [0.4, 0.5) is 0 Å². The number of aryl methyl sites for hydroxylation is 1. The third-order valence-corrected chi connectivity index (χ3v) is 0.790. The third kappa shape index (κ3) is 1.02. The van der Waals surface area contributed by atoms with E-state index in [1.54, 1.807) is 0 Å². The summed E-state index contributed by atoms with van der Waals surface area (Å²) >= 11 is 0. The number of nitrogens with zero attached hydrogens (tertiary/aromatic N) is 3. The fraction of sp³-hybridized carbons (Fsp3) is 0.500. The van der Waals surface area contributed by atoms with Crippen molar-refractivity contribution < 1.29 is 0 Å². The molecule has 0 aliphatic carbocycles. The SMILES string of the molecule is [CH2]CCc1nn[nH]n1. The maximum Gasteiger partial charge on any atom is 0.174 e. The van der Waals surface area contributed by atoms with Crippen LogP contribution in [0.25, 0.3) is 0 Å². The zero-order chi connectivity index (χ0) is 5.82. The van der Waals surface area contributed by atoms with Crippen LogP contribution in [0.5, 0.6) is 0 Å². The molecular formula is C4H7N4. The number of aromatic nitrogens is 4. The number of rotatable bonds is 2. The van der Waals surface area contributed by atoms with Gasteiger partial charge in [0, 0.05) is 6.42 Å². The molecule has 1 rings (SSSR count). The number of H-pyrrole nitrogens is 1. The summed E-state index contributed by atoms with van der Waals surface area (Å²) in [6.07, 6.45) is 1.62. The topological polar surface area (TPSA) is 54.5 Å². The van der Waals surface area contributed by atoms with E-state index < -0.39 is 0 Å². The van der Waals surface area contributed by atoms with Gasteiger partial charge in [0.15, 0.2) is 5.82 Å². The number of hydrogen-bond acceptors (Lipinski definition) is 3. The van der Waals surface area contributed by atoms with Gasteiger partial charge in [-0.25, -0.2) is 0 Å². The van der Waals surface area contributed by atoms with E-state index in [-0.39, 0.29) is 0 Å². The Morgan fingerprint density at radius 2 is 2.50 bits per heavy atom. The Hall–Kier alpha value is -0.930. The number of aromatic amines is 1. The molecule has 1 radical (unpaired) electrons. The highest BCUT2D eigenvalue weighted by molar-refractivity contribution is 4.75. The van der Waals surface area contributed by atoms with Gasteiger partial charge in [-0.15, -0.1) is 10.2 Å². The van der Waals surface area contributed by atoms with Crippen LogP contribution in [0.2, 0.25) is 0 Å². The maximum atomic E-state index is 3.72. The highest BCUT2D eigenvalue weighted by Gasteiger charge is 1.91. The summed E-state index contributed by atoms with van der Waals surface area (Å²) in [5.74, 6) is 0.736. The van der Waals surface area contributed by atoms with Crippen LogP contribution in [0, 0.1) is 6.92 Å². The monoisotopic (exact) mass is 111 g/mol. The molecule has 1 aromatic heterocycles. The molecule has 4 heteroatoms. The van der Waals surface area contributed by atoms with Crippen molar-refractivity contribution in [2.75, 3.05) is 0 Å². The molecule has 0 saturated heterocycles. The van der Waals surface area contributed by atoms with Crippen LogP contribution in [0.1, 0.15) is 12.2 Å². The molecule has 0 saturated carbocycles. The first kappa shape index (κ1) is 5.21. The van der Waals surface area contributed by atoms with Gasteiger partial charge in [-0.05, 0) is 6.42 Å². The van der Waals surface area contributed by atoms with E-state index in [0.717, 1.165) is 18.7 Å². The van der Waals surface area contributed by atoms with Crippen molar-refractivity contribution in [3.05, 3.63) is 12.7 Å². The number of tetrazole rings is 1. The highest BCUT2D eigenvalue weighted by Crippen LogP contribution is 1.87. The van der Waals surface area contributed by atoms with Crippen molar-refractivity contribution in [2.45, 2.75) is 12.8 Å². The molecule has 0 unspecified atom stereocenters. The van der Waals surface area contributed by atoms with Gasteiger partial charge in [0.05, 0.1) is 0 Å². The lowest BCUT2D eigenvalue weighted by molar-refractivity contribution is 0.881. The van der Waals surface area contributed by atoms with Gasteiger partial charge in [-0.2, -0.15) is 5.21 Å². The summed E-state index contributed by atoms with van der Waals surface area (Å²) < 4.78 is 0. The average Bonchev–Trinajstić information content (AvgIpc) is 2.19. The quantitative estimate of drug-likeness (QED) is 0.583. The van der Waals surface area contributed by atoms with E-state index in [2.05, 4.69) is 27.5 Å². The van der Waals surface area contributed by atoms with E-state index in [1.165, 1.54) is 0 Å². The van der Waals surface area contributed by atoms with E-state index >= 15 is 0 Å². The molecule has 0 spiro atoms. The molecule has 43 valence electrons. The van der Waals surface area contributed by atoms with Gasteiger partial charge < -0.3 is 0 Å². The van der Waals surface area contributed by atoms with Crippen LogP contribution in [0.3, 0.4) is 0 Å². The Labute approximate surface area is 47.3 Å². The van der Waals surface area contributed by atoms with Gasteiger partial charge >= 0.3 is 0 Å². The van der Waals surface area contributed by atoms with Gasteiger partial charge in [0.2, 0.25) is 0 Å². The van der Waals surface area contributed by atoms with Gasteiger partial charge in [0.25, 0.3) is 0 Å². The predicted octanol–water partition coefficient (Wildman–Crippen LogP) is -0.0336. The van der Waals surface area contributed by atoms with Gasteiger partial charge in [-0.1, -0.05) is 12.1 Å². The van der Waals surface area contributed by atoms with Crippen LogP contribution < -0.4 is 0 Å². The molecule has 0 aliphatic rings. The minimum atomic E-state index is 0.736. The lowest BCUT2D eigenvalue weighted by Crippen LogP contribution is -1.84. The Bertz CT molecular complexity index is 134. The summed E-state index contributed by atoms with van der Waals surface area (Å²) in [5.41, 5.74) is 0. The zero-order valence-corrected chi connectivity index (χ0v) is 4.46. The zero-order valence-electron chi connectivity index (χ0n) is 4.46. The Morgan fingerprint density at radius 3 is 3.00 bits per heavy atom. The second kappa shape index (κ2) is 2.40. The van der Waals surface area contributed by atoms with Crippen molar-refractivity contribution >= 4 is 0 Å². The molecular weight excluding hydrogens is 104 g/mol.